The third-order valence-corrected chi connectivity index (χ3v) is 4.77. The molecule has 0 unspecified atom stereocenters. The van der Waals surface area contributed by atoms with Gasteiger partial charge in [-0.15, -0.1) is 13.2 Å². The van der Waals surface area contributed by atoms with Gasteiger partial charge in [0.05, 0.1) is 21.4 Å². The number of hydrogen-bond acceptors (Lipinski definition) is 7. The summed E-state index contributed by atoms with van der Waals surface area (Å²) >= 11 is 0. The molecule has 1 aliphatic rings. The number of esters is 1. The third kappa shape index (κ3) is 6.41. The molecule has 1 aromatic rings. The van der Waals surface area contributed by atoms with Gasteiger partial charge >= 0.3 is 12.3 Å². The highest BCUT2D eigenvalue weighted by Crippen LogP contribution is 2.40. The smallest absolute Gasteiger partial charge is 0.573 e. The van der Waals surface area contributed by atoms with Crippen LogP contribution in [0.5, 0.6) is 11.5 Å². The fourth-order valence-electron chi connectivity index (χ4n) is 2.78. The normalized spacial score (nSPS) is 16.4. The van der Waals surface area contributed by atoms with Gasteiger partial charge in [0.1, 0.15) is 12.2 Å². The Balaban J connectivity index is 2.26. The van der Waals surface area contributed by atoms with E-state index in [0.29, 0.717) is 12.8 Å². The number of rotatable bonds is 8. The van der Waals surface area contributed by atoms with Gasteiger partial charge in [-0.1, -0.05) is 6.58 Å². The molecule has 0 aliphatic heterocycles. The topological polar surface area (TPSA) is 102 Å². The molecule has 0 saturated heterocycles. The molecule has 11 heteroatoms. The van der Waals surface area contributed by atoms with Crippen LogP contribution in [-0.4, -0.2) is 43.3 Å². The summed E-state index contributed by atoms with van der Waals surface area (Å²) in [6.45, 7) is 2.99. The lowest BCUT2D eigenvalue weighted by Gasteiger charge is -2.28. The lowest BCUT2D eigenvalue weighted by atomic mass is 10.0. The summed E-state index contributed by atoms with van der Waals surface area (Å²) in [5.41, 5.74) is -1.08. The number of halogens is 3. The fourth-order valence-corrected chi connectivity index (χ4v) is 3.07. The predicted molar refractivity (Wildman–Crippen MR) is 90.0 cm³/mol. The van der Waals surface area contributed by atoms with Gasteiger partial charge in [-0.05, 0) is 50.0 Å². The number of benzene rings is 1. The van der Waals surface area contributed by atoms with Gasteiger partial charge < -0.3 is 18.8 Å². The maximum atomic E-state index is 12.7. The minimum Gasteiger partial charge on any atom is -0.748 e. The molecular weight excluding hydrogens is 405 g/mol. The molecule has 0 bridgehead atoms. The van der Waals surface area contributed by atoms with Crippen LogP contribution in [0.4, 0.5) is 13.2 Å². The largest absolute Gasteiger partial charge is 0.748 e. The van der Waals surface area contributed by atoms with E-state index in [4.69, 9.17) is 4.74 Å². The molecule has 156 valence electrons. The number of alkyl halides is 3. The number of ether oxygens (including phenoxy) is 3. The molecule has 0 spiro atoms. The van der Waals surface area contributed by atoms with Crippen molar-refractivity contribution in [2.45, 2.75) is 37.6 Å². The Hall–Kier alpha value is -2.27. The Morgan fingerprint density at radius 3 is 2.43 bits per heavy atom. The van der Waals surface area contributed by atoms with Crippen molar-refractivity contribution in [2.75, 3.05) is 12.4 Å². The zero-order chi connectivity index (χ0) is 21.0. The monoisotopic (exact) mass is 423 g/mol. The van der Waals surface area contributed by atoms with Crippen LogP contribution < -0.4 is 9.47 Å². The van der Waals surface area contributed by atoms with Gasteiger partial charge in [0.2, 0.25) is 0 Å². The summed E-state index contributed by atoms with van der Waals surface area (Å²) in [5.74, 6) is -2.91. The molecule has 1 saturated carbocycles. The molecule has 28 heavy (non-hydrogen) atoms. The number of carbonyl (C=O) groups excluding carboxylic acids is 1. The molecule has 0 aromatic heterocycles. The molecule has 0 N–H and O–H groups in total. The van der Waals surface area contributed by atoms with E-state index in [-0.39, 0.29) is 11.3 Å². The van der Waals surface area contributed by atoms with E-state index < -0.39 is 46.2 Å². The molecule has 7 nitrogen and oxygen atoms in total. The van der Waals surface area contributed by atoms with Gasteiger partial charge in [0, 0.05) is 0 Å². The van der Waals surface area contributed by atoms with Crippen LogP contribution in [0, 0.1) is 0 Å². The minimum atomic E-state index is -4.97. The lowest BCUT2D eigenvalue weighted by molar-refractivity contribution is -0.275. The highest BCUT2D eigenvalue weighted by Gasteiger charge is 2.37. The van der Waals surface area contributed by atoms with Gasteiger partial charge in [0.15, 0.2) is 11.5 Å². The molecule has 1 aliphatic carbocycles. The maximum Gasteiger partial charge on any atom is 0.573 e. The highest BCUT2D eigenvalue weighted by atomic mass is 32.2. The first-order valence-corrected chi connectivity index (χ1v) is 9.84. The molecule has 1 fully saturated rings. The van der Waals surface area contributed by atoms with Crippen molar-refractivity contribution in [1.29, 1.82) is 0 Å². The van der Waals surface area contributed by atoms with E-state index >= 15 is 0 Å². The van der Waals surface area contributed by atoms with Crippen molar-refractivity contribution in [3.8, 4) is 11.5 Å². The van der Waals surface area contributed by atoms with Crippen molar-refractivity contribution in [2.24, 2.45) is 0 Å². The van der Waals surface area contributed by atoms with Crippen LogP contribution in [0.25, 0.3) is 0 Å². The van der Waals surface area contributed by atoms with E-state index in [1.165, 1.54) is 6.08 Å². The lowest BCUT2D eigenvalue weighted by Crippen LogP contribution is -2.30. The molecule has 0 heterocycles. The second-order valence-electron chi connectivity index (χ2n) is 6.19. The molecule has 0 radical (unpaired) electrons. The number of carbonyl (C=O) groups is 1. The summed E-state index contributed by atoms with van der Waals surface area (Å²) in [6, 6.07) is 2.92. The van der Waals surface area contributed by atoms with Crippen LogP contribution in [-0.2, 0) is 14.9 Å². The predicted octanol–water partition coefficient (Wildman–Crippen LogP) is 3.16. The van der Waals surface area contributed by atoms with E-state index in [2.05, 4.69) is 16.1 Å². The zero-order valence-corrected chi connectivity index (χ0v) is 15.5. The summed E-state index contributed by atoms with van der Waals surface area (Å²) in [7, 11) is -4.57. The van der Waals surface area contributed by atoms with Crippen molar-refractivity contribution in [3.05, 3.63) is 36.4 Å². The second kappa shape index (κ2) is 8.39. The molecule has 1 aromatic carbocycles. The molecular formula is C17H18F3O7S-. The van der Waals surface area contributed by atoms with Crippen molar-refractivity contribution in [1.82, 2.24) is 0 Å². The van der Waals surface area contributed by atoms with Crippen LogP contribution in [0.3, 0.4) is 0 Å². The SMILES string of the molecule is C=CC1(Oc2cc(C(=O)OCCS(=O)(=O)[O-])ccc2OC(F)(F)F)CCCC1. The van der Waals surface area contributed by atoms with E-state index in [0.717, 1.165) is 31.0 Å². The maximum absolute atomic E-state index is 12.7. The fraction of sp³-hybridized carbons (Fsp3) is 0.471. The second-order valence-corrected chi connectivity index (χ2v) is 7.71. The van der Waals surface area contributed by atoms with E-state index in [1.54, 1.807) is 0 Å². The van der Waals surface area contributed by atoms with E-state index in [1.807, 2.05) is 0 Å². The molecule has 0 amide bonds. The Morgan fingerprint density at radius 1 is 1.25 bits per heavy atom. The average molecular weight is 423 g/mol. The van der Waals surface area contributed by atoms with Gasteiger partial charge in [-0.25, -0.2) is 13.2 Å². The molecule has 0 atom stereocenters. The summed E-state index contributed by atoms with van der Waals surface area (Å²) in [4.78, 5) is 12.0. The van der Waals surface area contributed by atoms with Gasteiger partial charge in [0.25, 0.3) is 0 Å². The Morgan fingerprint density at radius 2 is 1.89 bits per heavy atom. The number of hydrogen-bond donors (Lipinski definition) is 0. The van der Waals surface area contributed by atoms with E-state index in [9.17, 15) is 30.9 Å². The highest BCUT2D eigenvalue weighted by molar-refractivity contribution is 7.85. The standard InChI is InChI=1S/C17H19F3O7S/c1-2-16(7-3-4-8-16)26-14-11-12(5-6-13(14)27-17(18,19)20)15(21)25-9-10-28(22,23)24/h2,5-6,11H,1,3-4,7-10H2,(H,22,23,24)/p-1. The summed E-state index contributed by atoms with van der Waals surface area (Å²) in [5, 5.41) is 0. The molecule has 2 rings (SSSR count). The van der Waals surface area contributed by atoms with Gasteiger partial charge in [-0.3, -0.25) is 0 Å². The summed E-state index contributed by atoms with van der Waals surface area (Å²) < 4.78 is 84.0. The Bertz CT molecular complexity index is 828. The van der Waals surface area contributed by atoms with Crippen molar-refractivity contribution < 1.29 is 45.1 Å². The van der Waals surface area contributed by atoms with Crippen molar-refractivity contribution >= 4 is 16.1 Å². The van der Waals surface area contributed by atoms with Gasteiger partial charge in [-0.2, -0.15) is 0 Å². The Labute approximate surface area is 159 Å². The minimum absolute atomic E-state index is 0.190. The van der Waals surface area contributed by atoms with Crippen LogP contribution in [0.1, 0.15) is 36.0 Å². The van der Waals surface area contributed by atoms with Crippen LogP contribution >= 0.6 is 0 Å². The van der Waals surface area contributed by atoms with Crippen LogP contribution in [0.15, 0.2) is 30.9 Å². The Kier molecular flexibility index (Phi) is 6.60. The summed E-state index contributed by atoms with van der Waals surface area (Å²) in [6.07, 6.45) is -0.795. The average Bonchev–Trinajstić information content (AvgIpc) is 3.03. The first-order chi connectivity index (χ1) is 12.9. The first-order valence-electron chi connectivity index (χ1n) is 8.26. The van der Waals surface area contributed by atoms with Crippen molar-refractivity contribution in [3.63, 3.8) is 0 Å². The van der Waals surface area contributed by atoms with Crippen LogP contribution in [0.2, 0.25) is 0 Å². The quantitative estimate of drug-likeness (QED) is 0.360. The first kappa shape index (κ1) is 22.0. The third-order valence-electron chi connectivity index (χ3n) is 4.11. The zero-order valence-electron chi connectivity index (χ0n) is 14.7.